The molecule has 1 fully saturated rings. The molecule has 0 amide bonds. The summed E-state index contributed by atoms with van der Waals surface area (Å²) in [6.07, 6.45) is 4.13. The Labute approximate surface area is 96.1 Å². The number of nitrogens with two attached hydrogens (primary N) is 1. The molecule has 15 heavy (non-hydrogen) atoms. The Hall–Kier alpha value is -0.380. The van der Waals surface area contributed by atoms with Gasteiger partial charge < -0.3 is 10.6 Å². The zero-order chi connectivity index (χ0) is 10.5. The average Bonchev–Trinajstić information content (AvgIpc) is 2.81. The lowest BCUT2D eigenvalue weighted by atomic mass is 10.0. The zero-order valence-electron chi connectivity index (χ0n) is 9.19. The van der Waals surface area contributed by atoms with Crippen LogP contribution < -0.4 is 5.73 Å². The van der Waals surface area contributed by atoms with Gasteiger partial charge in [0.1, 0.15) is 0 Å². The van der Waals surface area contributed by atoms with Gasteiger partial charge in [-0.2, -0.15) is 0 Å². The van der Waals surface area contributed by atoms with Gasteiger partial charge >= 0.3 is 0 Å². The van der Waals surface area contributed by atoms with Crippen LogP contribution in [0.25, 0.3) is 0 Å². The van der Waals surface area contributed by atoms with Crippen LogP contribution in [0.5, 0.6) is 0 Å². The molecule has 1 saturated heterocycles. The lowest BCUT2D eigenvalue weighted by Crippen LogP contribution is -2.35. The summed E-state index contributed by atoms with van der Waals surface area (Å²) < 4.78 is 0. The largest absolute Gasteiger partial charge is 0.330 e. The first-order valence-electron chi connectivity index (χ1n) is 5.86. The molecule has 0 aliphatic carbocycles. The molecule has 1 aromatic heterocycles. The van der Waals surface area contributed by atoms with Gasteiger partial charge in [-0.3, -0.25) is 0 Å². The standard InChI is InChI=1S/C12H20N2S/c13-9-11(12-5-4-8-15-12)10-14-6-2-1-3-7-14/h4-5,8,11H,1-3,6-7,9-10,13H2. The molecule has 0 spiro atoms. The van der Waals surface area contributed by atoms with Gasteiger partial charge in [0.05, 0.1) is 0 Å². The topological polar surface area (TPSA) is 29.3 Å². The molecule has 0 aromatic carbocycles. The van der Waals surface area contributed by atoms with Crippen LogP contribution in [0.1, 0.15) is 30.1 Å². The Balaban J connectivity index is 1.90. The average molecular weight is 224 g/mol. The molecule has 84 valence electrons. The van der Waals surface area contributed by atoms with Gasteiger partial charge in [0.15, 0.2) is 0 Å². The summed E-state index contributed by atoms with van der Waals surface area (Å²) in [4.78, 5) is 4.02. The van der Waals surface area contributed by atoms with E-state index in [9.17, 15) is 0 Å². The molecule has 1 aromatic rings. The third kappa shape index (κ3) is 3.03. The van der Waals surface area contributed by atoms with E-state index in [0.717, 1.165) is 13.1 Å². The van der Waals surface area contributed by atoms with E-state index in [-0.39, 0.29) is 0 Å². The van der Waals surface area contributed by atoms with Crippen molar-refractivity contribution in [3.05, 3.63) is 22.4 Å². The summed E-state index contributed by atoms with van der Waals surface area (Å²) in [5.41, 5.74) is 5.86. The van der Waals surface area contributed by atoms with E-state index >= 15 is 0 Å². The number of hydrogen-bond donors (Lipinski definition) is 1. The molecular formula is C12H20N2S. The molecule has 0 radical (unpaired) electrons. The predicted molar refractivity (Wildman–Crippen MR) is 66.4 cm³/mol. The summed E-state index contributed by atoms with van der Waals surface area (Å²) in [6, 6.07) is 4.34. The molecule has 0 bridgehead atoms. The van der Waals surface area contributed by atoms with Crippen molar-refractivity contribution in [2.24, 2.45) is 5.73 Å². The van der Waals surface area contributed by atoms with Gasteiger partial charge in [0, 0.05) is 23.9 Å². The SMILES string of the molecule is NCC(CN1CCCCC1)c1cccs1. The molecular weight excluding hydrogens is 204 g/mol. The quantitative estimate of drug-likeness (QED) is 0.850. The van der Waals surface area contributed by atoms with Gasteiger partial charge in [-0.1, -0.05) is 12.5 Å². The normalized spacial score (nSPS) is 20.3. The summed E-state index contributed by atoms with van der Waals surface area (Å²) in [5.74, 6) is 0.545. The number of likely N-dealkylation sites (tertiary alicyclic amines) is 1. The predicted octanol–water partition coefficient (Wildman–Crippen LogP) is 2.28. The Kier molecular flexibility index (Phi) is 4.18. The second-order valence-corrected chi connectivity index (χ2v) is 5.29. The second-order valence-electron chi connectivity index (χ2n) is 4.31. The van der Waals surface area contributed by atoms with Gasteiger partial charge in [0.25, 0.3) is 0 Å². The maximum absolute atomic E-state index is 5.86. The van der Waals surface area contributed by atoms with Crippen molar-refractivity contribution >= 4 is 11.3 Å². The first-order chi connectivity index (χ1) is 7.40. The molecule has 2 heterocycles. The Morgan fingerprint density at radius 3 is 2.73 bits per heavy atom. The van der Waals surface area contributed by atoms with Crippen LogP contribution in [0.3, 0.4) is 0 Å². The van der Waals surface area contributed by atoms with Crippen LogP contribution in [0.15, 0.2) is 17.5 Å². The van der Waals surface area contributed by atoms with Crippen LogP contribution in [0, 0.1) is 0 Å². The van der Waals surface area contributed by atoms with Crippen molar-refractivity contribution in [3.63, 3.8) is 0 Å². The van der Waals surface area contributed by atoms with Gasteiger partial charge in [0.2, 0.25) is 0 Å². The third-order valence-corrected chi connectivity index (χ3v) is 4.19. The highest BCUT2D eigenvalue weighted by atomic mass is 32.1. The van der Waals surface area contributed by atoms with E-state index in [1.54, 1.807) is 0 Å². The highest BCUT2D eigenvalue weighted by molar-refractivity contribution is 7.10. The van der Waals surface area contributed by atoms with E-state index in [2.05, 4.69) is 22.4 Å². The summed E-state index contributed by atoms with van der Waals surface area (Å²) >= 11 is 1.84. The van der Waals surface area contributed by atoms with Crippen LogP contribution >= 0.6 is 11.3 Å². The van der Waals surface area contributed by atoms with E-state index < -0.39 is 0 Å². The minimum absolute atomic E-state index is 0.545. The molecule has 2 N–H and O–H groups in total. The fourth-order valence-corrected chi connectivity index (χ4v) is 3.09. The summed E-state index contributed by atoms with van der Waals surface area (Å²) in [5, 5.41) is 2.15. The number of thiophene rings is 1. The van der Waals surface area contributed by atoms with E-state index in [1.165, 1.54) is 37.2 Å². The van der Waals surface area contributed by atoms with Crippen LogP contribution in [0.4, 0.5) is 0 Å². The summed E-state index contributed by atoms with van der Waals surface area (Å²) in [6.45, 7) is 4.46. The molecule has 1 atom stereocenters. The minimum atomic E-state index is 0.545. The summed E-state index contributed by atoms with van der Waals surface area (Å²) in [7, 11) is 0. The van der Waals surface area contributed by atoms with Gasteiger partial charge in [-0.25, -0.2) is 0 Å². The van der Waals surface area contributed by atoms with Crippen molar-refractivity contribution < 1.29 is 0 Å². The zero-order valence-corrected chi connectivity index (χ0v) is 10.0. The minimum Gasteiger partial charge on any atom is -0.330 e. The van der Waals surface area contributed by atoms with Crippen molar-refractivity contribution in [2.45, 2.75) is 25.2 Å². The number of piperidine rings is 1. The third-order valence-electron chi connectivity index (χ3n) is 3.16. The Morgan fingerprint density at radius 1 is 1.33 bits per heavy atom. The molecule has 2 rings (SSSR count). The van der Waals surface area contributed by atoms with Crippen molar-refractivity contribution in [1.82, 2.24) is 4.90 Å². The number of rotatable bonds is 4. The number of hydrogen-bond acceptors (Lipinski definition) is 3. The molecule has 2 nitrogen and oxygen atoms in total. The maximum atomic E-state index is 5.86. The lowest BCUT2D eigenvalue weighted by Gasteiger charge is -2.29. The van der Waals surface area contributed by atoms with Crippen LogP contribution in [-0.4, -0.2) is 31.1 Å². The molecule has 3 heteroatoms. The highest BCUT2D eigenvalue weighted by Gasteiger charge is 2.17. The first kappa shape index (κ1) is 11.1. The Bertz CT molecular complexity index is 265. The molecule has 0 saturated carbocycles. The molecule has 1 aliphatic rings. The van der Waals surface area contributed by atoms with E-state index in [1.807, 2.05) is 11.3 Å². The van der Waals surface area contributed by atoms with Crippen molar-refractivity contribution in [3.8, 4) is 0 Å². The van der Waals surface area contributed by atoms with Crippen LogP contribution in [0.2, 0.25) is 0 Å². The van der Waals surface area contributed by atoms with E-state index in [0.29, 0.717) is 5.92 Å². The Morgan fingerprint density at radius 2 is 2.13 bits per heavy atom. The van der Waals surface area contributed by atoms with Gasteiger partial charge in [-0.05, 0) is 37.4 Å². The first-order valence-corrected chi connectivity index (χ1v) is 6.74. The smallest absolute Gasteiger partial charge is 0.0183 e. The monoisotopic (exact) mass is 224 g/mol. The lowest BCUT2D eigenvalue weighted by molar-refractivity contribution is 0.217. The second kappa shape index (κ2) is 5.64. The van der Waals surface area contributed by atoms with Gasteiger partial charge in [-0.15, -0.1) is 11.3 Å². The molecule has 1 unspecified atom stereocenters. The van der Waals surface area contributed by atoms with Crippen molar-refractivity contribution in [2.75, 3.05) is 26.2 Å². The number of nitrogens with zero attached hydrogens (tertiary/aromatic N) is 1. The van der Waals surface area contributed by atoms with E-state index in [4.69, 9.17) is 5.73 Å². The highest BCUT2D eigenvalue weighted by Crippen LogP contribution is 2.22. The van der Waals surface area contributed by atoms with Crippen LogP contribution in [-0.2, 0) is 0 Å². The molecule has 1 aliphatic heterocycles. The maximum Gasteiger partial charge on any atom is 0.0183 e. The fraction of sp³-hybridized carbons (Fsp3) is 0.667. The van der Waals surface area contributed by atoms with Crippen molar-refractivity contribution in [1.29, 1.82) is 0 Å². The fourth-order valence-electron chi connectivity index (χ4n) is 2.26.